The van der Waals surface area contributed by atoms with Crippen LogP contribution >= 0.6 is 0 Å². The van der Waals surface area contributed by atoms with Gasteiger partial charge in [-0.1, -0.05) is 32.0 Å². The Bertz CT molecular complexity index is 341. The van der Waals surface area contributed by atoms with Gasteiger partial charge in [-0.25, -0.2) is 0 Å². The van der Waals surface area contributed by atoms with Crippen molar-refractivity contribution in [2.75, 3.05) is 6.54 Å². The third-order valence-corrected chi connectivity index (χ3v) is 3.56. The molecular weight excluding hydrogens is 182 g/mol. The molecule has 0 amide bonds. The van der Waals surface area contributed by atoms with E-state index in [0.717, 1.165) is 6.54 Å². The Kier molecular flexibility index (Phi) is 3.11. The number of hydrogen-bond donors (Lipinski definition) is 1. The highest BCUT2D eigenvalue weighted by atomic mass is 14.6. The lowest BCUT2D eigenvalue weighted by Crippen LogP contribution is -2.18. The van der Waals surface area contributed by atoms with E-state index in [1.165, 1.54) is 30.4 Å². The number of hydrogen-bond acceptors (Lipinski definition) is 1. The largest absolute Gasteiger partial charge is 0.330 e. The van der Waals surface area contributed by atoms with Crippen molar-refractivity contribution in [3.8, 4) is 0 Å². The molecule has 2 rings (SSSR count). The van der Waals surface area contributed by atoms with Crippen molar-refractivity contribution in [1.82, 2.24) is 0 Å². The van der Waals surface area contributed by atoms with Gasteiger partial charge in [-0.05, 0) is 54.3 Å². The van der Waals surface area contributed by atoms with Crippen LogP contribution in [0.1, 0.15) is 55.2 Å². The van der Waals surface area contributed by atoms with Gasteiger partial charge in [0.1, 0.15) is 0 Å². The van der Waals surface area contributed by atoms with Crippen LogP contribution in [-0.2, 0) is 6.42 Å². The Morgan fingerprint density at radius 3 is 2.87 bits per heavy atom. The Labute approximate surface area is 92.7 Å². The van der Waals surface area contributed by atoms with E-state index in [9.17, 15) is 0 Å². The third kappa shape index (κ3) is 2.07. The van der Waals surface area contributed by atoms with Gasteiger partial charge in [0.15, 0.2) is 0 Å². The van der Waals surface area contributed by atoms with Crippen molar-refractivity contribution < 1.29 is 0 Å². The van der Waals surface area contributed by atoms with Crippen molar-refractivity contribution >= 4 is 0 Å². The molecule has 1 unspecified atom stereocenters. The van der Waals surface area contributed by atoms with E-state index >= 15 is 0 Å². The fraction of sp³-hybridized carbons (Fsp3) is 0.571. The van der Waals surface area contributed by atoms with Crippen LogP contribution in [0.2, 0.25) is 0 Å². The molecule has 0 bridgehead atoms. The van der Waals surface area contributed by atoms with Gasteiger partial charge < -0.3 is 5.73 Å². The summed E-state index contributed by atoms with van der Waals surface area (Å²) in [5, 5.41) is 0. The summed E-state index contributed by atoms with van der Waals surface area (Å²) in [4.78, 5) is 0. The minimum atomic E-state index is 0.606. The predicted octanol–water partition coefficient (Wildman–Crippen LogP) is 3.19. The van der Waals surface area contributed by atoms with Gasteiger partial charge in [-0.15, -0.1) is 0 Å². The molecule has 1 aliphatic carbocycles. The first-order valence-electron chi connectivity index (χ1n) is 6.05. The van der Waals surface area contributed by atoms with Crippen LogP contribution in [0.15, 0.2) is 18.2 Å². The molecule has 2 N–H and O–H groups in total. The third-order valence-electron chi connectivity index (χ3n) is 3.56. The van der Waals surface area contributed by atoms with Crippen LogP contribution in [0.25, 0.3) is 0 Å². The van der Waals surface area contributed by atoms with E-state index in [1.54, 1.807) is 5.56 Å². The average molecular weight is 203 g/mol. The fourth-order valence-corrected chi connectivity index (χ4v) is 2.54. The van der Waals surface area contributed by atoms with E-state index in [2.05, 4.69) is 32.0 Å². The highest BCUT2D eigenvalue weighted by molar-refractivity contribution is 5.37. The first-order valence-corrected chi connectivity index (χ1v) is 6.05. The first kappa shape index (κ1) is 10.7. The van der Waals surface area contributed by atoms with Gasteiger partial charge in [0.05, 0.1) is 0 Å². The van der Waals surface area contributed by atoms with Crippen molar-refractivity contribution in [1.29, 1.82) is 0 Å². The summed E-state index contributed by atoms with van der Waals surface area (Å²) in [5.74, 6) is 1.24. The first-order chi connectivity index (χ1) is 7.22. The number of aryl methyl sites for hydroxylation is 1. The zero-order valence-electron chi connectivity index (χ0n) is 9.79. The van der Waals surface area contributed by atoms with Crippen molar-refractivity contribution in [3.63, 3.8) is 0 Å². The quantitative estimate of drug-likeness (QED) is 0.785. The highest BCUT2D eigenvalue weighted by Crippen LogP contribution is 2.32. The minimum Gasteiger partial charge on any atom is -0.330 e. The molecule has 1 atom stereocenters. The molecule has 0 saturated carbocycles. The predicted molar refractivity (Wildman–Crippen MR) is 65.3 cm³/mol. The topological polar surface area (TPSA) is 26.0 Å². The maximum atomic E-state index is 5.82. The zero-order valence-corrected chi connectivity index (χ0v) is 9.79. The maximum absolute atomic E-state index is 5.82. The number of fused-ring (bicyclic) bond motifs is 1. The summed E-state index contributed by atoms with van der Waals surface area (Å²) in [7, 11) is 0. The Balaban J connectivity index is 2.36. The summed E-state index contributed by atoms with van der Waals surface area (Å²) < 4.78 is 0. The van der Waals surface area contributed by atoms with Gasteiger partial charge in [0.2, 0.25) is 0 Å². The summed E-state index contributed by atoms with van der Waals surface area (Å²) in [6.45, 7) is 5.31. The molecular formula is C14H21N. The molecule has 1 aliphatic rings. The van der Waals surface area contributed by atoms with Crippen molar-refractivity contribution in [2.45, 2.75) is 44.9 Å². The molecule has 0 fully saturated rings. The molecule has 0 aromatic heterocycles. The Morgan fingerprint density at radius 1 is 1.40 bits per heavy atom. The molecule has 82 valence electrons. The molecule has 1 nitrogen and oxygen atoms in total. The molecule has 1 heteroatoms. The van der Waals surface area contributed by atoms with E-state index in [0.29, 0.717) is 11.8 Å². The van der Waals surface area contributed by atoms with Crippen molar-refractivity contribution in [3.05, 3.63) is 34.9 Å². The van der Waals surface area contributed by atoms with Crippen LogP contribution in [0, 0.1) is 0 Å². The number of rotatable bonds is 2. The van der Waals surface area contributed by atoms with Gasteiger partial charge in [-0.3, -0.25) is 0 Å². The fourth-order valence-electron chi connectivity index (χ4n) is 2.54. The standard InChI is InChI=1S/C14H21N/c1-10(2)11-6-7-14-12(8-11)4-3-5-13(14)9-15/h6-8,10,13H,3-5,9,15H2,1-2H3. The summed E-state index contributed by atoms with van der Waals surface area (Å²) in [6, 6.07) is 6.97. The van der Waals surface area contributed by atoms with Crippen LogP contribution in [0.4, 0.5) is 0 Å². The molecule has 1 aromatic carbocycles. The van der Waals surface area contributed by atoms with Crippen molar-refractivity contribution in [2.24, 2.45) is 5.73 Å². The molecule has 0 spiro atoms. The molecule has 0 heterocycles. The highest BCUT2D eigenvalue weighted by Gasteiger charge is 2.19. The summed E-state index contributed by atoms with van der Waals surface area (Å²) >= 11 is 0. The Hall–Kier alpha value is -0.820. The van der Waals surface area contributed by atoms with Crippen LogP contribution in [0.5, 0.6) is 0 Å². The molecule has 15 heavy (non-hydrogen) atoms. The second kappa shape index (κ2) is 4.36. The SMILES string of the molecule is CC(C)c1ccc2c(c1)CCCC2CN. The van der Waals surface area contributed by atoms with E-state index in [4.69, 9.17) is 5.73 Å². The summed E-state index contributed by atoms with van der Waals surface area (Å²) in [6.07, 6.45) is 3.81. The second-order valence-corrected chi connectivity index (χ2v) is 4.94. The van der Waals surface area contributed by atoms with Crippen LogP contribution in [-0.4, -0.2) is 6.54 Å². The van der Waals surface area contributed by atoms with E-state index in [1.807, 2.05) is 0 Å². The van der Waals surface area contributed by atoms with E-state index < -0.39 is 0 Å². The zero-order chi connectivity index (χ0) is 10.8. The molecule has 0 aliphatic heterocycles. The average Bonchev–Trinajstić information content (AvgIpc) is 2.27. The number of nitrogens with two attached hydrogens (primary N) is 1. The van der Waals surface area contributed by atoms with Crippen LogP contribution < -0.4 is 5.73 Å². The van der Waals surface area contributed by atoms with E-state index in [-0.39, 0.29) is 0 Å². The van der Waals surface area contributed by atoms with Gasteiger partial charge in [-0.2, -0.15) is 0 Å². The molecule has 0 radical (unpaired) electrons. The lowest BCUT2D eigenvalue weighted by molar-refractivity contribution is 0.559. The lowest BCUT2D eigenvalue weighted by atomic mass is 9.81. The van der Waals surface area contributed by atoms with Crippen LogP contribution in [0.3, 0.4) is 0 Å². The number of benzene rings is 1. The lowest BCUT2D eigenvalue weighted by Gasteiger charge is -2.25. The summed E-state index contributed by atoms with van der Waals surface area (Å²) in [5.41, 5.74) is 10.3. The minimum absolute atomic E-state index is 0.606. The van der Waals surface area contributed by atoms with Gasteiger partial charge >= 0.3 is 0 Å². The monoisotopic (exact) mass is 203 g/mol. The molecule has 0 saturated heterocycles. The normalized spacial score (nSPS) is 20.4. The molecule has 1 aromatic rings. The Morgan fingerprint density at radius 2 is 2.20 bits per heavy atom. The second-order valence-electron chi connectivity index (χ2n) is 4.94. The van der Waals surface area contributed by atoms with Gasteiger partial charge in [0.25, 0.3) is 0 Å². The smallest absolute Gasteiger partial charge is 0.000813 e. The van der Waals surface area contributed by atoms with Gasteiger partial charge in [0, 0.05) is 0 Å². The maximum Gasteiger partial charge on any atom is -0.000813 e.